The van der Waals surface area contributed by atoms with Crippen LogP contribution in [0.4, 0.5) is 18.2 Å². The van der Waals surface area contributed by atoms with Crippen molar-refractivity contribution in [2.75, 3.05) is 0 Å². The summed E-state index contributed by atoms with van der Waals surface area (Å²) in [4.78, 5) is 6.65. The van der Waals surface area contributed by atoms with Gasteiger partial charge in [-0.3, -0.25) is 4.98 Å². The second-order valence-corrected chi connectivity index (χ2v) is 2.96. The van der Waals surface area contributed by atoms with Crippen molar-refractivity contribution in [2.45, 2.75) is 6.18 Å². The summed E-state index contributed by atoms with van der Waals surface area (Å²) in [6.07, 6.45) is -3.37. The number of aliphatic imine (C=N–C) groups is 1. The van der Waals surface area contributed by atoms with Gasteiger partial charge < -0.3 is 0 Å². The maximum absolute atomic E-state index is 11.8. The van der Waals surface area contributed by atoms with Crippen LogP contribution in [0.25, 0.3) is 0 Å². The van der Waals surface area contributed by atoms with Crippen LogP contribution in [0, 0.1) is 0 Å². The lowest BCUT2D eigenvalue weighted by Gasteiger charge is -2.00. The third-order valence-electron chi connectivity index (χ3n) is 0.862. The fourth-order valence-electron chi connectivity index (χ4n) is 0.424. The van der Waals surface area contributed by atoms with Gasteiger partial charge in [-0.25, -0.2) is 4.99 Å². The number of halogens is 4. The molecule has 7 heteroatoms. The summed E-state index contributed by atoms with van der Waals surface area (Å²) >= 11 is 5.84. The molecule has 0 saturated heterocycles. The van der Waals surface area contributed by atoms with Crippen molar-refractivity contribution >= 4 is 33.1 Å². The molecule has 0 aliphatic carbocycles. The van der Waals surface area contributed by atoms with E-state index in [0.29, 0.717) is 0 Å². The van der Waals surface area contributed by atoms with Gasteiger partial charge in [-0.2, -0.15) is 13.2 Å². The molecule has 0 N–H and O–H groups in total. The molecule has 0 atom stereocenters. The standard InChI is InChI=1S/C5H2ClF3N2S/c6-4(5(7,8)9)11-3-1-10-2-12-3/h1-2H. The predicted molar refractivity (Wildman–Crippen MR) is 41.1 cm³/mol. The molecule has 0 unspecified atom stereocenters. The monoisotopic (exact) mass is 214 g/mol. The van der Waals surface area contributed by atoms with Gasteiger partial charge in [0, 0.05) is 0 Å². The van der Waals surface area contributed by atoms with E-state index in [1.54, 1.807) is 0 Å². The first-order valence-corrected chi connectivity index (χ1v) is 3.96. The molecule has 1 rings (SSSR count). The van der Waals surface area contributed by atoms with E-state index in [1.807, 2.05) is 0 Å². The summed E-state index contributed by atoms with van der Waals surface area (Å²) in [5.74, 6) is 0. The van der Waals surface area contributed by atoms with E-state index in [0.717, 1.165) is 11.3 Å². The van der Waals surface area contributed by atoms with Gasteiger partial charge in [-0.05, 0) is 0 Å². The molecule has 12 heavy (non-hydrogen) atoms. The quantitative estimate of drug-likeness (QED) is 0.660. The highest BCUT2D eigenvalue weighted by atomic mass is 35.5. The van der Waals surface area contributed by atoms with Crippen molar-refractivity contribution in [1.82, 2.24) is 4.98 Å². The topological polar surface area (TPSA) is 25.2 Å². The zero-order valence-corrected chi connectivity index (χ0v) is 7.04. The van der Waals surface area contributed by atoms with Crippen LogP contribution >= 0.6 is 22.9 Å². The van der Waals surface area contributed by atoms with Crippen LogP contribution in [-0.2, 0) is 0 Å². The molecular weight excluding hydrogens is 213 g/mol. The predicted octanol–water partition coefficient (Wildman–Crippen LogP) is 2.97. The zero-order chi connectivity index (χ0) is 9.19. The summed E-state index contributed by atoms with van der Waals surface area (Å²) in [5.41, 5.74) is 1.37. The number of rotatable bonds is 1. The summed E-state index contributed by atoms with van der Waals surface area (Å²) in [6, 6.07) is 0. The molecule has 0 aliphatic rings. The Hall–Kier alpha value is -0.620. The minimum absolute atomic E-state index is 0.136. The highest BCUT2D eigenvalue weighted by molar-refractivity contribution is 7.13. The van der Waals surface area contributed by atoms with Crippen molar-refractivity contribution < 1.29 is 13.2 Å². The van der Waals surface area contributed by atoms with Crippen LogP contribution in [0.3, 0.4) is 0 Å². The van der Waals surface area contributed by atoms with Crippen molar-refractivity contribution in [1.29, 1.82) is 0 Å². The van der Waals surface area contributed by atoms with Gasteiger partial charge in [-0.15, -0.1) is 11.3 Å². The number of hydrogen-bond donors (Lipinski definition) is 0. The van der Waals surface area contributed by atoms with Gasteiger partial charge in [0.1, 0.15) is 5.00 Å². The van der Waals surface area contributed by atoms with Gasteiger partial charge >= 0.3 is 6.18 Å². The van der Waals surface area contributed by atoms with Crippen molar-refractivity contribution in [3.05, 3.63) is 11.7 Å². The Morgan fingerprint density at radius 2 is 2.25 bits per heavy atom. The van der Waals surface area contributed by atoms with Crippen LogP contribution in [-0.4, -0.2) is 16.3 Å². The zero-order valence-electron chi connectivity index (χ0n) is 5.47. The Labute approximate surface area is 74.7 Å². The molecule has 2 nitrogen and oxygen atoms in total. The van der Waals surface area contributed by atoms with Gasteiger partial charge in [0.15, 0.2) is 0 Å². The molecule has 1 heterocycles. The molecule has 0 amide bonds. The fourth-order valence-corrected chi connectivity index (χ4v) is 1.06. The number of nitrogens with zero attached hydrogens (tertiary/aromatic N) is 2. The number of aromatic nitrogens is 1. The van der Waals surface area contributed by atoms with Gasteiger partial charge in [0.25, 0.3) is 0 Å². The molecular formula is C5H2ClF3N2S. The second-order valence-electron chi connectivity index (χ2n) is 1.74. The number of alkyl halides is 3. The SMILES string of the molecule is FC(F)(F)C(Cl)=Nc1cncs1. The van der Waals surface area contributed by atoms with Crippen molar-refractivity contribution in [2.24, 2.45) is 4.99 Å². The Bertz CT molecular complexity index is 279. The van der Waals surface area contributed by atoms with Crippen LogP contribution in [0.2, 0.25) is 0 Å². The average molecular weight is 215 g/mol. The lowest BCUT2D eigenvalue weighted by atomic mass is 10.7. The molecule has 0 aromatic carbocycles. The molecule has 0 bridgehead atoms. The summed E-state index contributed by atoms with van der Waals surface area (Å²) < 4.78 is 35.3. The third-order valence-corrected chi connectivity index (χ3v) is 1.83. The Morgan fingerprint density at radius 1 is 1.58 bits per heavy atom. The Morgan fingerprint density at radius 3 is 2.67 bits per heavy atom. The molecule has 0 spiro atoms. The van der Waals surface area contributed by atoms with E-state index in [4.69, 9.17) is 11.6 Å². The maximum atomic E-state index is 11.8. The van der Waals surface area contributed by atoms with Gasteiger partial charge in [-0.1, -0.05) is 11.6 Å². The average Bonchev–Trinajstić information content (AvgIpc) is 2.37. The molecule has 0 aliphatic heterocycles. The molecule has 1 aromatic heterocycles. The highest BCUT2D eigenvalue weighted by Crippen LogP contribution is 2.25. The number of hydrogen-bond acceptors (Lipinski definition) is 3. The molecule has 0 fully saturated rings. The fraction of sp³-hybridized carbons (Fsp3) is 0.200. The van der Waals surface area contributed by atoms with E-state index in [1.165, 1.54) is 11.7 Å². The molecule has 66 valence electrons. The largest absolute Gasteiger partial charge is 0.444 e. The minimum Gasteiger partial charge on any atom is -0.251 e. The number of thiazole rings is 1. The summed E-state index contributed by atoms with van der Waals surface area (Å²) in [6.45, 7) is 0. The minimum atomic E-state index is -4.58. The van der Waals surface area contributed by atoms with E-state index >= 15 is 0 Å². The second kappa shape index (κ2) is 3.40. The van der Waals surface area contributed by atoms with Crippen LogP contribution in [0.1, 0.15) is 0 Å². The molecule has 0 saturated carbocycles. The van der Waals surface area contributed by atoms with E-state index in [9.17, 15) is 13.2 Å². The van der Waals surface area contributed by atoms with E-state index in [2.05, 4.69) is 9.98 Å². The van der Waals surface area contributed by atoms with Crippen molar-refractivity contribution in [3.63, 3.8) is 0 Å². The lowest BCUT2D eigenvalue weighted by molar-refractivity contribution is -0.0558. The van der Waals surface area contributed by atoms with Crippen LogP contribution < -0.4 is 0 Å². The van der Waals surface area contributed by atoms with E-state index in [-0.39, 0.29) is 5.00 Å². The van der Waals surface area contributed by atoms with Gasteiger partial charge in [0.2, 0.25) is 5.17 Å². The first-order valence-electron chi connectivity index (χ1n) is 2.70. The summed E-state index contributed by atoms with van der Waals surface area (Å²) in [5, 5.41) is -1.25. The maximum Gasteiger partial charge on any atom is 0.444 e. The Kier molecular flexibility index (Phi) is 2.69. The molecule has 1 aromatic rings. The highest BCUT2D eigenvalue weighted by Gasteiger charge is 2.34. The van der Waals surface area contributed by atoms with Crippen LogP contribution in [0.5, 0.6) is 0 Å². The van der Waals surface area contributed by atoms with E-state index < -0.39 is 11.3 Å². The van der Waals surface area contributed by atoms with Crippen molar-refractivity contribution in [3.8, 4) is 0 Å². The van der Waals surface area contributed by atoms with Gasteiger partial charge in [0.05, 0.1) is 11.7 Å². The van der Waals surface area contributed by atoms with Crippen LogP contribution in [0.15, 0.2) is 16.7 Å². The first kappa shape index (κ1) is 9.47. The third kappa shape index (κ3) is 2.46. The Balaban J connectivity index is 2.84. The summed E-state index contributed by atoms with van der Waals surface area (Å²) in [7, 11) is 0. The smallest absolute Gasteiger partial charge is 0.251 e. The normalized spacial score (nSPS) is 13.5. The first-order chi connectivity index (χ1) is 5.50. The molecule has 0 radical (unpaired) electrons. The lowest BCUT2D eigenvalue weighted by Crippen LogP contribution is -2.16.